The number of phenols is 1. The predicted molar refractivity (Wildman–Crippen MR) is 103 cm³/mol. The van der Waals surface area contributed by atoms with Gasteiger partial charge >= 0.3 is 0 Å². The molecule has 0 spiro atoms. The van der Waals surface area contributed by atoms with Crippen LogP contribution in [-0.2, 0) is 10.1 Å². The molecule has 0 bridgehead atoms. The van der Waals surface area contributed by atoms with Crippen LogP contribution in [0.25, 0.3) is 5.69 Å². The van der Waals surface area contributed by atoms with Crippen molar-refractivity contribution in [3.05, 3.63) is 67.6 Å². The Balaban J connectivity index is 2.01. The van der Waals surface area contributed by atoms with E-state index in [-0.39, 0.29) is 27.8 Å². The van der Waals surface area contributed by atoms with Crippen molar-refractivity contribution < 1.29 is 23.0 Å². The summed E-state index contributed by atoms with van der Waals surface area (Å²) in [4.78, 5) is 22.4. The first kappa shape index (κ1) is 21.2. The Kier molecular flexibility index (Phi) is 5.43. The summed E-state index contributed by atoms with van der Waals surface area (Å²) in [6, 6.07) is 6.46. The highest BCUT2D eigenvalue weighted by Gasteiger charge is 2.17. The Bertz CT molecular complexity index is 1340. The van der Waals surface area contributed by atoms with Crippen molar-refractivity contribution in [2.45, 2.75) is 11.8 Å². The van der Waals surface area contributed by atoms with Gasteiger partial charge in [0.05, 0.1) is 26.2 Å². The highest BCUT2D eigenvalue weighted by Crippen LogP contribution is 2.38. The molecule has 0 unspecified atom stereocenters. The van der Waals surface area contributed by atoms with Gasteiger partial charge < -0.3 is 9.66 Å². The van der Waals surface area contributed by atoms with E-state index >= 15 is 0 Å². The number of azo groups is 1. The molecule has 14 heteroatoms. The van der Waals surface area contributed by atoms with Crippen LogP contribution in [0.4, 0.5) is 17.1 Å². The van der Waals surface area contributed by atoms with Crippen molar-refractivity contribution in [3.63, 3.8) is 0 Å². The van der Waals surface area contributed by atoms with E-state index < -0.39 is 36.9 Å². The van der Waals surface area contributed by atoms with Gasteiger partial charge in [0.2, 0.25) is 0 Å². The van der Waals surface area contributed by atoms with E-state index in [1.807, 2.05) is 0 Å². The molecule has 2 N–H and O–H groups in total. The number of H-pyrrole nitrogens is 1. The maximum atomic E-state index is 12.6. The van der Waals surface area contributed by atoms with E-state index in [1.165, 1.54) is 19.1 Å². The Hall–Kier alpha value is -3.55. The fourth-order valence-electron chi connectivity index (χ4n) is 2.46. The zero-order chi connectivity index (χ0) is 22.2. The molecule has 0 aliphatic rings. The molecule has 0 aliphatic carbocycles. The van der Waals surface area contributed by atoms with Crippen LogP contribution in [0.1, 0.15) is 5.69 Å². The molecule has 3 aromatic rings. The molecule has 30 heavy (non-hydrogen) atoms. The lowest BCUT2D eigenvalue weighted by Gasteiger charge is -2.07. The van der Waals surface area contributed by atoms with Crippen molar-refractivity contribution >= 4 is 38.8 Å². The van der Waals surface area contributed by atoms with Crippen LogP contribution in [0.2, 0.25) is 5.02 Å². The van der Waals surface area contributed by atoms with E-state index in [1.54, 1.807) is 0 Å². The van der Waals surface area contributed by atoms with Gasteiger partial charge in [0.15, 0.2) is 11.4 Å². The lowest BCUT2D eigenvalue weighted by atomic mass is 10.2. The molecule has 156 valence electrons. The summed E-state index contributed by atoms with van der Waals surface area (Å²) in [6.07, 6.45) is 0. The fourth-order valence-corrected chi connectivity index (χ4v) is 3.13. The van der Waals surface area contributed by atoms with Crippen LogP contribution in [0.5, 0.6) is 5.75 Å². The Morgan fingerprint density at radius 1 is 1.20 bits per heavy atom. The van der Waals surface area contributed by atoms with Gasteiger partial charge in [-0.1, -0.05) is 11.6 Å². The van der Waals surface area contributed by atoms with Crippen LogP contribution in [0.15, 0.2) is 56.3 Å². The van der Waals surface area contributed by atoms with Crippen molar-refractivity contribution in [2.24, 2.45) is 10.2 Å². The smallest absolute Gasteiger partial charge is 0.299 e. The lowest BCUT2D eigenvalue weighted by Crippen LogP contribution is -2.14. The summed E-state index contributed by atoms with van der Waals surface area (Å²) in [6.45, 7) is 1.50. The second-order valence-electron chi connectivity index (χ2n) is 5.93. The number of aromatic amines is 1. The van der Waals surface area contributed by atoms with Crippen molar-refractivity contribution in [1.29, 1.82) is 0 Å². The first-order chi connectivity index (χ1) is 14.0. The van der Waals surface area contributed by atoms with E-state index in [9.17, 15) is 33.0 Å². The quantitative estimate of drug-likeness (QED) is 0.258. The second kappa shape index (κ2) is 7.70. The van der Waals surface area contributed by atoms with Crippen LogP contribution in [0.3, 0.4) is 0 Å². The number of nitrogens with one attached hydrogen (secondary N) is 1. The molecule has 0 fully saturated rings. The minimum atomic E-state index is -4.63. The molecule has 1 aromatic heterocycles. The van der Waals surface area contributed by atoms with Gasteiger partial charge in [0.25, 0.3) is 11.2 Å². The molecule has 3 rings (SSSR count). The number of hydrogen-bond acceptors (Lipinski definition) is 9. The largest absolute Gasteiger partial charge is 0.744 e. The van der Waals surface area contributed by atoms with Gasteiger partial charge in [-0.2, -0.15) is 0 Å². The highest BCUT2D eigenvalue weighted by molar-refractivity contribution is 7.85. The lowest BCUT2D eigenvalue weighted by molar-refractivity contribution is -0.384. The number of aryl methyl sites for hydroxylation is 1. The van der Waals surface area contributed by atoms with Crippen LogP contribution >= 0.6 is 11.6 Å². The van der Waals surface area contributed by atoms with Gasteiger partial charge in [-0.3, -0.25) is 20.0 Å². The molecule has 0 saturated heterocycles. The molecule has 1 heterocycles. The number of non-ortho nitro benzene ring substituents is 1. The summed E-state index contributed by atoms with van der Waals surface area (Å²) in [5.41, 5.74) is -1.10. The number of aromatic hydroxyl groups is 1. The third-order valence-corrected chi connectivity index (χ3v) is 5.06. The van der Waals surface area contributed by atoms with Gasteiger partial charge in [-0.25, -0.2) is 13.1 Å². The highest BCUT2D eigenvalue weighted by atomic mass is 35.5. The topological polar surface area (TPSA) is 183 Å². The Morgan fingerprint density at radius 2 is 1.83 bits per heavy atom. The zero-order valence-corrected chi connectivity index (χ0v) is 16.5. The fraction of sp³-hybridized carbons (Fsp3) is 0.0625. The molecule has 0 atom stereocenters. The summed E-state index contributed by atoms with van der Waals surface area (Å²) >= 11 is 5.74. The van der Waals surface area contributed by atoms with Crippen molar-refractivity contribution in [3.8, 4) is 11.4 Å². The summed E-state index contributed by atoms with van der Waals surface area (Å²) in [5.74, 6) is -0.547. The van der Waals surface area contributed by atoms with Gasteiger partial charge in [-0.05, 0) is 31.2 Å². The molecule has 0 radical (unpaired) electrons. The van der Waals surface area contributed by atoms with Crippen LogP contribution in [-0.4, -0.2) is 32.8 Å². The number of nitrogens with zero attached hydrogens (tertiary/aromatic N) is 4. The van der Waals surface area contributed by atoms with Crippen LogP contribution in [0, 0.1) is 17.0 Å². The zero-order valence-electron chi connectivity index (χ0n) is 14.9. The summed E-state index contributed by atoms with van der Waals surface area (Å²) in [5, 5.41) is 30.7. The van der Waals surface area contributed by atoms with E-state index in [4.69, 9.17) is 11.6 Å². The van der Waals surface area contributed by atoms with Crippen molar-refractivity contribution in [1.82, 2.24) is 9.78 Å². The predicted octanol–water partition coefficient (Wildman–Crippen LogP) is 3.06. The first-order valence-electron chi connectivity index (χ1n) is 7.95. The minimum absolute atomic E-state index is 0.169. The summed E-state index contributed by atoms with van der Waals surface area (Å²) in [7, 11) is -4.63. The molecule has 0 saturated carbocycles. The molecular formula is C16H11ClN5O7S-. The third kappa shape index (κ3) is 4.07. The third-order valence-electron chi connectivity index (χ3n) is 3.92. The van der Waals surface area contributed by atoms with Gasteiger partial charge in [0, 0.05) is 12.1 Å². The number of benzene rings is 2. The molecule has 2 aromatic carbocycles. The van der Waals surface area contributed by atoms with Gasteiger partial charge in [0.1, 0.15) is 15.8 Å². The molecular weight excluding hydrogens is 442 g/mol. The van der Waals surface area contributed by atoms with E-state index in [0.29, 0.717) is 0 Å². The van der Waals surface area contributed by atoms with Gasteiger partial charge in [-0.15, -0.1) is 10.2 Å². The Labute approximate surface area is 173 Å². The Morgan fingerprint density at radius 3 is 2.40 bits per heavy atom. The monoisotopic (exact) mass is 452 g/mol. The van der Waals surface area contributed by atoms with E-state index in [0.717, 1.165) is 28.9 Å². The number of aromatic nitrogens is 2. The SMILES string of the molecule is Cc1[nH]n(-c2ccc(S(=O)(=O)[O-])cc2)c(=O)c1N=Nc1cc([N+](=O)[O-])cc(Cl)c1O. The number of nitro groups is 1. The number of nitro benzene ring substituents is 1. The summed E-state index contributed by atoms with van der Waals surface area (Å²) < 4.78 is 34.1. The van der Waals surface area contributed by atoms with Crippen LogP contribution < -0.4 is 5.56 Å². The van der Waals surface area contributed by atoms with Crippen molar-refractivity contribution in [2.75, 3.05) is 0 Å². The minimum Gasteiger partial charge on any atom is -0.744 e. The maximum Gasteiger partial charge on any atom is 0.299 e. The second-order valence-corrected chi connectivity index (χ2v) is 7.71. The normalized spacial score (nSPS) is 11.8. The first-order valence-corrected chi connectivity index (χ1v) is 9.74. The molecule has 12 nitrogen and oxygen atoms in total. The average Bonchev–Trinajstić information content (AvgIpc) is 2.96. The molecule has 0 aliphatic heterocycles. The number of halogens is 1. The standard InChI is InChI=1S/C16H12ClN5O7S/c1-8-14(19-18-13-7-10(22(25)26)6-12(17)15(13)23)16(24)21(20-8)9-2-4-11(5-3-9)30(27,28)29/h2-7,20,23H,1H3,(H,27,28,29)/p-1. The van der Waals surface area contributed by atoms with E-state index in [2.05, 4.69) is 15.3 Å². The number of rotatable bonds is 5. The number of phenolic OH excluding ortho intramolecular Hbond substituents is 1. The average molecular weight is 453 g/mol. The maximum absolute atomic E-state index is 12.6. The number of hydrogen-bond donors (Lipinski definition) is 2. The molecule has 0 amide bonds.